The van der Waals surface area contributed by atoms with Crippen molar-refractivity contribution in [2.45, 2.75) is 110 Å². The van der Waals surface area contributed by atoms with E-state index in [2.05, 4.69) is 13.8 Å². The van der Waals surface area contributed by atoms with E-state index in [1.54, 1.807) is 30.3 Å². The predicted molar refractivity (Wildman–Crippen MR) is 162 cm³/mol. The fourth-order valence-electron chi connectivity index (χ4n) is 5.05. The van der Waals surface area contributed by atoms with E-state index in [1.807, 2.05) is 18.2 Å². The number of aryl methyl sites for hydroxylation is 2. The van der Waals surface area contributed by atoms with Crippen molar-refractivity contribution in [1.82, 2.24) is 0 Å². The van der Waals surface area contributed by atoms with Crippen molar-refractivity contribution < 1.29 is 18.3 Å². The number of hydrogen-bond donors (Lipinski definition) is 0. The van der Waals surface area contributed by atoms with Gasteiger partial charge in [-0.25, -0.2) is 13.6 Å². The fraction of sp³-hybridized carbons (Fsp3) is 0.472. The molecule has 0 bridgehead atoms. The molecule has 0 amide bonds. The normalized spacial score (nSPS) is 11.1. The smallest absolute Gasteiger partial charge is 0.343 e. The molecule has 0 aromatic heterocycles. The summed E-state index contributed by atoms with van der Waals surface area (Å²) in [5, 5.41) is 0. The second-order valence-electron chi connectivity index (χ2n) is 10.9. The van der Waals surface area contributed by atoms with Crippen molar-refractivity contribution >= 4 is 5.97 Å². The molecule has 0 aliphatic heterocycles. The van der Waals surface area contributed by atoms with Crippen LogP contribution in [0.3, 0.4) is 0 Å². The van der Waals surface area contributed by atoms with Gasteiger partial charge in [0.1, 0.15) is 5.82 Å². The van der Waals surface area contributed by atoms with Crippen molar-refractivity contribution in [3.63, 3.8) is 0 Å². The maximum Gasteiger partial charge on any atom is 0.343 e. The van der Waals surface area contributed by atoms with E-state index < -0.39 is 11.8 Å². The van der Waals surface area contributed by atoms with Crippen molar-refractivity contribution in [3.05, 3.63) is 89.0 Å². The molecule has 3 aromatic rings. The molecule has 0 unspecified atom stereocenters. The number of benzene rings is 3. The molecule has 0 aliphatic carbocycles. The summed E-state index contributed by atoms with van der Waals surface area (Å²) >= 11 is 0. The van der Waals surface area contributed by atoms with Crippen LogP contribution in [-0.4, -0.2) is 5.97 Å². The molecule has 0 heterocycles. The third-order valence-corrected chi connectivity index (χ3v) is 7.57. The van der Waals surface area contributed by atoms with E-state index in [9.17, 15) is 13.6 Å². The molecule has 0 N–H and O–H groups in total. The predicted octanol–water partition coefficient (Wildman–Crippen LogP) is 11.0. The Labute approximate surface area is 240 Å². The van der Waals surface area contributed by atoms with Crippen LogP contribution in [0.1, 0.15) is 119 Å². The quantitative estimate of drug-likeness (QED) is 0.0897. The Hall–Kier alpha value is -3.01. The summed E-state index contributed by atoms with van der Waals surface area (Å²) in [4.78, 5) is 12.7. The summed E-state index contributed by atoms with van der Waals surface area (Å²) in [5.74, 6) is -1.41. The van der Waals surface area contributed by atoms with E-state index in [1.165, 1.54) is 69.9 Å². The lowest BCUT2D eigenvalue weighted by Gasteiger charge is -2.09. The molecule has 216 valence electrons. The molecule has 0 saturated heterocycles. The second kappa shape index (κ2) is 17.6. The fourth-order valence-corrected chi connectivity index (χ4v) is 5.05. The minimum absolute atomic E-state index is 0.0684. The average molecular weight is 549 g/mol. The van der Waals surface area contributed by atoms with Crippen LogP contribution in [0, 0.1) is 11.6 Å². The lowest BCUT2D eigenvalue weighted by molar-refractivity contribution is 0.0728. The maximum atomic E-state index is 14.7. The summed E-state index contributed by atoms with van der Waals surface area (Å²) in [6.45, 7) is 4.41. The van der Waals surface area contributed by atoms with Crippen LogP contribution in [0.15, 0.2) is 60.7 Å². The zero-order valence-electron chi connectivity index (χ0n) is 24.5. The van der Waals surface area contributed by atoms with Crippen molar-refractivity contribution in [1.29, 1.82) is 0 Å². The molecular formula is C36H46F2O2. The van der Waals surface area contributed by atoms with Crippen LogP contribution >= 0.6 is 0 Å². The first-order chi connectivity index (χ1) is 19.5. The van der Waals surface area contributed by atoms with Crippen LogP contribution in [0.2, 0.25) is 0 Å². The van der Waals surface area contributed by atoms with Gasteiger partial charge in [-0.05, 0) is 78.3 Å². The molecule has 0 aliphatic rings. The Morgan fingerprint density at radius 1 is 0.600 bits per heavy atom. The largest absolute Gasteiger partial charge is 0.420 e. The molecule has 0 spiro atoms. The summed E-state index contributed by atoms with van der Waals surface area (Å²) in [7, 11) is 0. The standard InChI is InChI=1S/C36H46F2O2/c1-3-5-7-9-10-11-13-14-16-28-18-25-35(34(38)26-28)40-36(39)31-22-19-29(20-23-31)32-24-21-30(33(37)27-32)17-15-12-8-6-4-2/h18-27H,3-17H2,1-2H3. The SMILES string of the molecule is CCCCCCCCCCc1ccc(OC(=O)c2ccc(-c3ccc(CCCCCCC)c(F)c3)cc2)c(F)c1. The van der Waals surface area contributed by atoms with Gasteiger partial charge in [0, 0.05) is 0 Å². The van der Waals surface area contributed by atoms with Gasteiger partial charge in [-0.3, -0.25) is 0 Å². The number of carbonyl (C=O) groups is 1. The van der Waals surface area contributed by atoms with Crippen molar-refractivity contribution in [2.75, 3.05) is 0 Å². The summed E-state index contributed by atoms with van der Waals surface area (Å²) in [6, 6.07) is 17.0. The van der Waals surface area contributed by atoms with Crippen molar-refractivity contribution in [2.24, 2.45) is 0 Å². The third kappa shape index (κ3) is 10.5. The van der Waals surface area contributed by atoms with E-state index in [4.69, 9.17) is 4.74 Å². The first-order valence-corrected chi connectivity index (χ1v) is 15.4. The van der Waals surface area contributed by atoms with Gasteiger partial charge in [-0.1, -0.05) is 115 Å². The minimum Gasteiger partial charge on any atom is -0.420 e. The van der Waals surface area contributed by atoms with Gasteiger partial charge < -0.3 is 4.74 Å². The number of ether oxygens (including phenoxy) is 1. The summed E-state index contributed by atoms with van der Waals surface area (Å²) in [5.41, 5.74) is 3.54. The minimum atomic E-state index is -0.620. The number of carbonyl (C=O) groups excluding carboxylic acids is 1. The van der Waals surface area contributed by atoms with Gasteiger partial charge in [-0.2, -0.15) is 0 Å². The zero-order valence-corrected chi connectivity index (χ0v) is 24.5. The highest BCUT2D eigenvalue weighted by Crippen LogP contribution is 2.25. The molecule has 0 fully saturated rings. The number of unbranched alkanes of at least 4 members (excludes halogenated alkanes) is 11. The summed E-state index contributed by atoms with van der Waals surface area (Å²) in [6.07, 6.45) is 17.2. The average Bonchev–Trinajstić information content (AvgIpc) is 2.96. The van der Waals surface area contributed by atoms with E-state index in [-0.39, 0.29) is 11.6 Å². The maximum absolute atomic E-state index is 14.7. The Kier molecular flexibility index (Phi) is 13.9. The lowest BCUT2D eigenvalue weighted by Crippen LogP contribution is -2.09. The molecule has 0 atom stereocenters. The molecule has 2 nitrogen and oxygen atoms in total. The highest BCUT2D eigenvalue weighted by atomic mass is 19.1. The van der Waals surface area contributed by atoms with Crippen LogP contribution in [0.4, 0.5) is 8.78 Å². The Bertz CT molecular complexity index is 1170. The number of esters is 1. The first-order valence-electron chi connectivity index (χ1n) is 15.4. The van der Waals surface area contributed by atoms with E-state index >= 15 is 0 Å². The van der Waals surface area contributed by atoms with Gasteiger partial charge in [0.25, 0.3) is 0 Å². The Balaban J connectivity index is 1.48. The molecule has 4 heteroatoms. The zero-order chi connectivity index (χ0) is 28.6. The molecule has 0 saturated carbocycles. The summed E-state index contributed by atoms with van der Waals surface area (Å²) < 4.78 is 34.7. The number of halogens is 2. The molecule has 0 radical (unpaired) electrons. The van der Waals surface area contributed by atoms with Gasteiger partial charge >= 0.3 is 5.97 Å². The van der Waals surface area contributed by atoms with Crippen LogP contribution in [0.25, 0.3) is 11.1 Å². The molecule has 3 rings (SSSR count). The van der Waals surface area contributed by atoms with Gasteiger partial charge in [0.15, 0.2) is 11.6 Å². The van der Waals surface area contributed by atoms with E-state index in [0.29, 0.717) is 5.56 Å². The van der Waals surface area contributed by atoms with Crippen LogP contribution in [0.5, 0.6) is 5.75 Å². The van der Waals surface area contributed by atoms with E-state index in [0.717, 1.165) is 60.8 Å². The Morgan fingerprint density at radius 2 is 1.18 bits per heavy atom. The lowest BCUT2D eigenvalue weighted by atomic mass is 9.99. The van der Waals surface area contributed by atoms with Gasteiger partial charge in [-0.15, -0.1) is 0 Å². The van der Waals surface area contributed by atoms with Crippen LogP contribution < -0.4 is 4.74 Å². The topological polar surface area (TPSA) is 26.3 Å². The van der Waals surface area contributed by atoms with Gasteiger partial charge in [0.2, 0.25) is 0 Å². The molecule has 3 aromatic carbocycles. The first kappa shape index (κ1) is 31.5. The highest BCUT2D eigenvalue weighted by Gasteiger charge is 2.13. The number of hydrogen-bond acceptors (Lipinski definition) is 2. The molecule has 40 heavy (non-hydrogen) atoms. The number of rotatable bonds is 18. The molecular weight excluding hydrogens is 502 g/mol. The van der Waals surface area contributed by atoms with Crippen LogP contribution in [-0.2, 0) is 12.8 Å². The third-order valence-electron chi connectivity index (χ3n) is 7.57. The monoisotopic (exact) mass is 548 g/mol. The highest BCUT2D eigenvalue weighted by molar-refractivity contribution is 5.91. The van der Waals surface area contributed by atoms with Crippen molar-refractivity contribution in [3.8, 4) is 16.9 Å². The Morgan fingerprint density at radius 3 is 1.77 bits per heavy atom. The van der Waals surface area contributed by atoms with Gasteiger partial charge in [0.05, 0.1) is 5.56 Å². The second-order valence-corrected chi connectivity index (χ2v) is 10.9.